The third-order valence-electron chi connectivity index (χ3n) is 2.70. The largest absolute Gasteiger partial charge is 0.496 e. The van der Waals surface area contributed by atoms with Crippen LogP contribution in [0.5, 0.6) is 5.75 Å². The molecule has 1 nitrogen and oxygen atoms in total. The van der Waals surface area contributed by atoms with E-state index in [0.29, 0.717) is 20.8 Å². The fourth-order valence-electron chi connectivity index (χ4n) is 1.77. The molecule has 0 aliphatic heterocycles. The van der Waals surface area contributed by atoms with Crippen molar-refractivity contribution in [3.8, 4) is 5.75 Å². The highest BCUT2D eigenvalue weighted by Crippen LogP contribution is 2.39. The van der Waals surface area contributed by atoms with Crippen LogP contribution in [0.2, 0.25) is 15.1 Å². The smallest absolute Gasteiger partial charge is 0.125 e. The quantitative estimate of drug-likeness (QED) is 0.626. The molecule has 100 valence electrons. The van der Waals surface area contributed by atoms with E-state index in [1.807, 2.05) is 6.07 Å². The molecule has 0 bridgehead atoms. The lowest BCUT2D eigenvalue weighted by atomic mass is 10.0. The normalized spacial score (nSPS) is 12.3. The molecule has 1 unspecified atom stereocenters. The molecule has 5 heteroatoms. The number of benzene rings is 2. The second-order valence-corrected chi connectivity index (χ2v) is 5.63. The average Bonchev–Trinajstić information content (AvgIpc) is 2.37. The Kier molecular flexibility index (Phi) is 4.86. The van der Waals surface area contributed by atoms with Crippen molar-refractivity contribution < 1.29 is 4.74 Å². The number of halogens is 4. The minimum Gasteiger partial charge on any atom is -0.496 e. The van der Waals surface area contributed by atoms with Crippen LogP contribution in [0.25, 0.3) is 0 Å². The number of ether oxygens (including phenoxy) is 1. The molecule has 0 spiro atoms. The van der Waals surface area contributed by atoms with E-state index < -0.39 is 5.38 Å². The molecule has 19 heavy (non-hydrogen) atoms. The minimum atomic E-state index is -0.433. The van der Waals surface area contributed by atoms with Gasteiger partial charge in [-0.2, -0.15) is 0 Å². The molecule has 0 N–H and O–H groups in total. The van der Waals surface area contributed by atoms with E-state index in [1.165, 1.54) is 0 Å². The van der Waals surface area contributed by atoms with Gasteiger partial charge in [0, 0.05) is 20.6 Å². The Morgan fingerprint density at radius 2 is 1.47 bits per heavy atom. The average molecular weight is 336 g/mol. The van der Waals surface area contributed by atoms with Crippen LogP contribution < -0.4 is 4.74 Å². The zero-order valence-corrected chi connectivity index (χ0v) is 13.0. The molecule has 0 aliphatic rings. The predicted molar refractivity (Wildman–Crippen MR) is 82.2 cm³/mol. The first-order valence-electron chi connectivity index (χ1n) is 5.45. The fourth-order valence-corrected chi connectivity index (χ4v) is 2.88. The molecule has 1 atom stereocenters. The van der Waals surface area contributed by atoms with Gasteiger partial charge in [0.15, 0.2) is 0 Å². The van der Waals surface area contributed by atoms with E-state index >= 15 is 0 Å². The zero-order chi connectivity index (χ0) is 14.0. The van der Waals surface area contributed by atoms with E-state index in [-0.39, 0.29) is 0 Å². The topological polar surface area (TPSA) is 9.23 Å². The molecule has 0 heterocycles. The Morgan fingerprint density at radius 3 is 2.05 bits per heavy atom. The van der Waals surface area contributed by atoms with Crippen molar-refractivity contribution in [2.75, 3.05) is 7.11 Å². The third-order valence-corrected chi connectivity index (χ3v) is 3.97. The minimum absolute atomic E-state index is 0.433. The molecule has 0 aliphatic carbocycles. The highest BCUT2D eigenvalue weighted by molar-refractivity contribution is 6.36. The van der Waals surface area contributed by atoms with E-state index in [4.69, 9.17) is 51.1 Å². The Hall–Kier alpha value is -0.600. The van der Waals surface area contributed by atoms with Crippen LogP contribution in [0.3, 0.4) is 0 Å². The fraction of sp³-hybridized carbons (Fsp3) is 0.143. The Labute approximate surface area is 132 Å². The van der Waals surface area contributed by atoms with E-state index in [9.17, 15) is 0 Å². The Bertz CT molecular complexity index is 598. The first-order valence-corrected chi connectivity index (χ1v) is 7.02. The van der Waals surface area contributed by atoms with Crippen LogP contribution in [-0.4, -0.2) is 7.11 Å². The van der Waals surface area contributed by atoms with Gasteiger partial charge in [-0.15, -0.1) is 11.6 Å². The van der Waals surface area contributed by atoms with E-state index in [2.05, 4.69) is 0 Å². The lowest BCUT2D eigenvalue weighted by Gasteiger charge is -2.16. The van der Waals surface area contributed by atoms with Gasteiger partial charge in [-0.1, -0.05) is 46.9 Å². The van der Waals surface area contributed by atoms with Crippen LogP contribution >= 0.6 is 46.4 Å². The third kappa shape index (κ3) is 3.29. The highest BCUT2D eigenvalue weighted by Gasteiger charge is 2.18. The highest BCUT2D eigenvalue weighted by atomic mass is 35.5. The second kappa shape index (κ2) is 6.23. The van der Waals surface area contributed by atoms with Crippen LogP contribution in [0, 0.1) is 0 Å². The van der Waals surface area contributed by atoms with Crippen molar-refractivity contribution in [3.63, 3.8) is 0 Å². The van der Waals surface area contributed by atoms with Crippen LogP contribution in [0.15, 0.2) is 36.4 Å². The molecular formula is C14H10Cl4O. The van der Waals surface area contributed by atoms with Gasteiger partial charge in [-0.3, -0.25) is 0 Å². The molecule has 0 aromatic heterocycles. The second-order valence-electron chi connectivity index (χ2n) is 3.91. The summed E-state index contributed by atoms with van der Waals surface area (Å²) in [4.78, 5) is 0. The Balaban J connectivity index is 2.46. The van der Waals surface area contributed by atoms with Crippen LogP contribution in [0.1, 0.15) is 16.5 Å². The molecule has 0 saturated carbocycles. The summed E-state index contributed by atoms with van der Waals surface area (Å²) >= 11 is 24.4. The van der Waals surface area contributed by atoms with E-state index in [1.54, 1.807) is 37.4 Å². The first-order chi connectivity index (χ1) is 9.02. The Morgan fingerprint density at radius 1 is 0.895 bits per heavy atom. The monoisotopic (exact) mass is 334 g/mol. The first kappa shape index (κ1) is 14.8. The van der Waals surface area contributed by atoms with Crippen molar-refractivity contribution in [2.45, 2.75) is 5.38 Å². The maximum atomic E-state index is 6.47. The van der Waals surface area contributed by atoms with Crippen molar-refractivity contribution in [3.05, 3.63) is 62.6 Å². The molecule has 2 aromatic carbocycles. The number of hydrogen-bond donors (Lipinski definition) is 0. The molecule has 0 amide bonds. The summed E-state index contributed by atoms with van der Waals surface area (Å²) in [5, 5.41) is 1.24. The van der Waals surface area contributed by atoms with Gasteiger partial charge in [0.05, 0.1) is 12.5 Å². The van der Waals surface area contributed by atoms with Crippen LogP contribution in [0.4, 0.5) is 0 Å². The van der Waals surface area contributed by atoms with Crippen molar-refractivity contribution in [1.82, 2.24) is 0 Å². The number of methoxy groups -OCH3 is 1. The predicted octanol–water partition coefficient (Wildman–Crippen LogP) is 5.98. The molecule has 0 saturated heterocycles. The molecule has 0 radical (unpaired) electrons. The lowest BCUT2D eigenvalue weighted by molar-refractivity contribution is 0.410. The van der Waals surface area contributed by atoms with Gasteiger partial charge in [0.1, 0.15) is 5.75 Å². The van der Waals surface area contributed by atoms with Gasteiger partial charge in [-0.05, 0) is 29.8 Å². The number of rotatable bonds is 3. The summed E-state index contributed by atoms with van der Waals surface area (Å²) in [5.74, 6) is 0.624. The maximum absolute atomic E-state index is 6.47. The molecule has 2 rings (SSSR count). The summed E-state index contributed by atoms with van der Waals surface area (Å²) < 4.78 is 5.29. The summed E-state index contributed by atoms with van der Waals surface area (Å²) in [5.41, 5.74) is 1.58. The van der Waals surface area contributed by atoms with Crippen LogP contribution in [-0.2, 0) is 0 Å². The summed E-state index contributed by atoms with van der Waals surface area (Å²) in [6, 6.07) is 10.5. The summed E-state index contributed by atoms with van der Waals surface area (Å²) in [7, 11) is 1.57. The van der Waals surface area contributed by atoms with Gasteiger partial charge >= 0.3 is 0 Å². The maximum Gasteiger partial charge on any atom is 0.125 e. The summed E-state index contributed by atoms with van der Waals surface area (Å²) in [6.07, 6.45) is 0. The number of hydrogen-bond acceptors (Lipinski definition) is 1. The molecular weight excluding hydrogens is 326 g/mol. The summed E-state index contributed by atoms with van der Waals surface area (Å²) in [6.45, 7) is 0. The van der Waals surface area contributed by atoms with Gasteiger partial charge in [0.25, 0.3) is 0 Å². The SMILES string of the molecule is COc1cc(Cl)ccc1C(Cl)c1ccc(Cl)cc1Cl. The lowest BCUT2D eigenvalue weighted by Crippen LogP contribution is -1.98. The number of alkyl halides is 1. The standard InChI is InChI=1S/C14H10Cl4O/c1-19-13-7-9(16)3-5-11(13)14(18)10-4-2-8(15)6-12(10)17/h2-7,14H,1H3. The van der Waals surface area contributed by atoms with Gasteiger partial charge in [-0.25, -0.2) is 0 Å². The van der Waals surface area contributed by atoms with E-state index in [0.717, 1.165) is 11.1 Å². The van der Waals surface area contributed by atoms with Crippen molar-refractivity contribution in [2.24, 2.45) is 0 Å². The van der Waals surface area contributed by atoms with Crippen molar-refractivity contribution >= 4 is 46.4 Å². The molecule has 0 fully saturated rings. The molecule has 2 aromatic rings. The van der Waals surface area contributed by atoms with Gasteiger partial charge < -0.3 is 4.74 Å². The van der Waals surface area contributed by atoms with Gasteiger partial charge in [0.2, 0.25) is 0 Å². The zero-order valence-electron chi connectivity index (χ0n) is 9.96. The van der Waals surface area contributed by atoms with Crippen molar-refractivity contribution in [1.29, 1.82) is 0 Å².